The Morgan fingerprint density at radius 1 is 1.33 bits per heavy atom. The van der Waals surface area contributed by atoms with Gasteiger partial charge in [0.25, 0.3) is 0 Å². The van der Waals surface area contributed by atoms with Gasteiger partial charge in [-0.1, -0.05) is 0 Å². The van der Waals surface area contributed by atoms with Gasteiger partial charge in [0.15, 0.2) is 0 Å². The largest absolute Gasteiger partial charge is 0.491 e. The van der Waals surface area contributed by atoms with Crippen LogP contribution in [0.3, 0.4) is 0 Å². The van der Waals surface area contributed by atoms with Crippen LogP contribution in [0.5, 0.6) is 5.75 Å². The zero-order valence-electron chi connectivity index (χ0n) is 12.8. The Morgan fingerprint density at radius 2 is 1.95 bits per heavy atom. The highest BCUT2D eigenvalue weighted by molar-refractivity contribution is 5.22. The fourth-order valence-corrected chi connectivity index (χ4v) is 2.03. The standard InChI is InChI=1S/C15H25FN2O3/c1-15(20,11-18(2)3)10-17-8-13(19)9-21-14-6-4-12(16)5-7-14/h4-7,13,17,19-20H,8-11H2,1-3H3. The molecule has 0 saturated heterocycles. The molecule has 0 amide bonds. The molecule has 0 saturated carbocycles. The van der Waals surface area contributed by atoms with Crippen LogP contribution in [0.1, 0.15) is 6.92 Å². The van der Waals surface area contributed by atoms with Gasteiger partial charge in [0.1, 0.15) is 24.3 Å². The van der Waals surface area contributed by atoms with Crippen LogP contribution >= 0.6 is 0 Å². The lowest BCUT2D eigenvalue weighted by Gasteiger charge is -2.27. The van der Waals surface area contributed by atoms with Crippen molar-refractivity contribution < 1.29 is 19.3 Å². The molecule has 2 atom stereocenters. The molecule has 0 bridgehead atoms. The molecular weight excluding hydrogens is 275 g/mol. The first kappa shape index (κ1) is 17.8. The summed E-state index contributed by atoms with van der Waals surface area (Å²) >= 11 is 0. The van der Waals surface area contributed by atoms with Gasteiger partial charge < -0.3 is 25.2 Å². The van der Waals surface area contributed by atoms with Crippen molar-refractivity contribution in [2.45, 2.75) is 18.6 Å². The molecule has 6 heteroatoms. The van der Waals surface area contributed by atoms with Crippen molar-refractivity contribution in [1.82, 2.24) is 10.2 Å². The number of hydrogen-bond acceptors (Lipinski definition) is 5. The third kappa shape index (κ3) is 7.96. The minimum atomic E-state index is -0.860. The zero-order chi connectivity index (χ0) is 15.9. The average molecular weight is 300 g/mol. The van der Waals surface area contributed by atoms with Gasteiger partial charge in [-0.05, 0) is 45.3 Å². The van der Waals surface area contributed by atoms with Gasteiger partial charge in [-0.25, -0.2) is 4.39 Å². The van der Waals surface area contributed by atoms with E-state index >= 15 is 0 Å². The maximum Gasteiger partial charge on any atom is 0.123 e. The summed E-state index contributed by atoms with van der Waals surface area (Å²) in [5.41, 5.74) is -0.860. The summed E-state index contributed by atoms with van der Waals surface area (Å²) in [6.45, 7) is 3.06. The number of nitrogens with zero attached hydrogens (tertiary/aromatic N) is 1. The maximum absolute atomic E-state index is 12.7. The van der Waals surface area contributed by atoms with E-state index in [9.17, 15) is 14.6 Å². The minimum Gasteiger partial charge on any atom is -0.491 e. The minimum absolute atomic E-state index is 0.106. The number of hydrogen-bond donors (Lipinski definition) is 3. The van der Waals surface area contributed by atoms with Crippen molar-refractivity contribution in [2.24, 2.45) is 0 Å². The number of rotatable bonds is 9. The van der Waals surface area contributed by atoms with Gasteiger partial charge >= 0.3 is 0 Å². The smallest absolute Gasteiger partial charge is 0.123 e. The highest BCUT2D eigenvalue weighted by Gasteiger charge is 2.21. The Kier molecular flexibility index (Phi) is 7.04. The molecule has 0 radical (unpaired) electrons. The monoisotopic (exact) mass is 300 g/mol. The Labute approximate surface area is 125 Å². The third-order valence-corrected chi connectivity index (χ3v) is 2.80. The van der Waals surface area contributed by atoms with Crippen LogP contribution in [0, 0.1) is 5.82 Å². The third-order valence-electron chi connectivity index (χ3n) is 2.80. The molecule has 5 nitrogen and oxygen atoms in total. The number of likely N-dealkylation sites (N-methyl/N-ethyl adjacent to an activating group) is 1. The van der Waals surface area contributed by atoms with Crippen molar-refractivity contribution in [3.63, 3.8) is 0 Å². The Hall–Kier alpha value is -1.21. The molecule has 0 spiro atoms. The number of benzene rings is 1. The summed E-state index contributed by atoms with van der Waals surface area (Å²) in [6, 6.07) is 5.63. The van der Waals surface area contributed by atoms with Gasteiger partial charge in [-0.15, -0.1) is 0 Å². The van der Waals surface area contributed by atoms with Gasteiger partial charge in [-0.2, -0.15) is 0 Å². The molecule has 120 valence electrons. The topological polar surface area (TPSA) is 65.0 Å². The number of halogens is 1. The first-order chi connectivity index (χ1) is 9.78. The van der Waals surface area contributed by atoms with E-state index in [0.29, 0.717) is 25.4 Å². The second kappa shape index (κ2) is 8.29. The van der Waals surface area contributed by atoms with Crippen LogP contribution in [0.15, 0.2) is 24.3 Å². The summed E-state index contributed by atoms with van der Waals surface area (Å²) in [6.07, 6.45) is -0.704. The molecule has 2 unspecified atom stereocenters. The van der Waals surface area contributed by atoms with E-state index in [2.05, 4.69) is 5.32 Å². The molecule has 3 N–H and O–H groups in total. The Balaban J connectivity index is 2.22. The lowest BCUT2D eigenvalue weighted by molar-refractivity contribution is 0.0286. The number of nitrogens with one attached hydrogen (secondary N) is 1. The molecule has 0 aliphatic carbocycles. The van der Waals surface area contributed by atoms with E-state index < -0.39 is 11.7 Å². The SMILES string of the molecule is CN(C)CC(C)(O)CNCC(O)COc1ccc(F)cc1. The van der Waals surface area contributed by atoms with Gasteiger partial charge in [0.2, 0.25) is 0 Å². The van der Waals surface area contributed by atoms with Crippen LogP contribution in [-0.2, 0) is 0 Å². The second-order valence-electron chi connectivity index (χ2n) is 5.78. The fourth-order valence-electron chi connectivity index (χ4n) is 2.03. The quantitative estimate of drug-likeness (QED) is 0.619. The average Bonchev–Trinajstić information content (AvgIpc) is 2.36. The number of aliphatic hydroxyl groups is 2. The Morgan fingerprint density at radius 3 is 2.52 bits per heavy atom. The first-order valence-corrected chi connectivity index (χ1v) is 6.93. The Bertz CT molecular complexity index is 410. The van der Waals surface area contributed by atoms with Crippen LogP contribution < -0.4 is 10.1 Å². The summed E-state index contributed by atoms with van der Waals surface area (Å²) in [4.78, 5) is 1.90. The van der Waals surface area contributed by atoms with Crippen molar-refractivity contribution in [3.05, 3.63) is 30.1 Å². The normalized spacial score (nSPS) is 15.8. The summed E-state index contributed by atoms with van der Waals surface area (Å²) in [5.74, 6) is 0.183. The van der Waals surface area contributed by atoms with Gasteiger partial charge in [0, 0.05) is 19.6 Å². The zero-order valence-corrected chi connectivity index (χ0v) is 12.8. The summed E-state index contributed by atoms with van der Waals surface area (Å²) in [5, 5.41) is 22.9. The van der Waals surface area contributed by atoms with Crippen LogP contribution in [-0.4, -0.2) is 67.2 Å². The lowest BCUT2D eigenvalue weighted by atomic mass is 10.1. The van der Waals surface area contributed by atoms with E-state index in [0.717, 1.165) is 0 Å². The highest BCUT2D eigenvalue weighted by Crippen LogP contribution is 2.11. The fraction of sp³-hybridized carbons (Fsp3) is 0.600. The van der Waals surface area contributed by atoms with E-state index in [4.69, 9.17) is 4.74 Å². The van der Waals surface area contributed by atoms with E-state index in [1.54, 1.807) is 6.92 Å². The molecule has 0 aliphatic rings. The predicted molar refractivity (Wildman–Crippen MR) is 79.9 cm³/mol. The first-order valence-electron chi connectivity index (χ1n) is 6.93. The summed E-state index contributed by atoms with van der Waals surface area (Å²) < 4.78 is 18.1. The van der Waals surface area contributed by atoms with Crippen LogP contribution in [0.2, 0.25) is 0 Å². The van der Waals surface area contributed by atoms with Crippen LogP contribution in [0.25, 0.3) is 0 Å². The van der Waals surface area contributed by atoms with Crippen molar-refractivity contribution in [1.29, 1.82) is 0 Å². The number of aliphatic hydroxyl groups excluding tert-OH is 1. The second-order valence-corrected chi connectivity index (χ2v) is 5.78. The highest BCUT2D eigenvalue weighted by atomic mass is 19.1. The maximum atomic E-state index is 12.7. The van der Waals surface area contributed by atoms with Crippen LogP contribution in [0.4, 0.5) is 4.39 Å². The van der Waals surface area contributed by atoms with Gasteiger partial charge in [-0.3, -0.25) is 0 Å². The molecule has 1 aromatic carbocycles. The van der Waals surface area contributed by atoms with E-state index in [1.165, 1.54) is 24.3 Å². The molecule has 0 heterocycles. The molecule has 21 heavy (non-hydrogen) atoms. The summed E-state index contributed by atoms with van der Waals surface area (Å²) in [7, 11) is 3.78. The van der Waals surface area contributed by atoms with Crippen molar-refractivity contribution in [3.8, 4) is 5.75 Å². The molecular formula is C15H25FN2O3. The van der Waals surface area contributed by atoms with E-state index in [1.807, 2.05) is 19.0 Å². The number of ether oxygens (including phenoxy) is 1. The molecule has 0 fully saturated rings. The van der Waals surface area contributed by atoms with Crippen molar-refractivity contribution >= 4 is 0 Å². The van der Waals surface area contributed by atoms with Crippen molar-refractivity contribution in [2.75, 3.05) is 40.3 Å². The lowest BCUT2D eigenvalue weighted by Crippen LogP contribution is -2.47. The molecule has 0 aromatic heterocycles. The van der Waals surface area contributed by atoms with Gasteiger partial charge in [0.05, 0.1) is 5.60 Å². The molecule has 1 rings (SSSR count). The predicted octanol–water partition coefficient (Wildman–Crippen LogP) is 0.468. The molecule has 0 aliphatic heterocycles. The van der Waals surface area contributed by atoms with E-state index in [-0.39, 0.29) is 12.4 Å². The molecule has 1 aromatic rings.